The van der Waals surface area contributed by atoms with Crippen molar-refractivity contribution in [2.24, 2.45) is 0 Å². The van der Waals surface area contributed by atoms with Gasteiger partial charge in [0.15, 0.2) is 0 Å². The van der Waals surface area contributed by atoms with Crippen molar-refractivity contribution in [2.45, 2.75) is 12.8 Å². The van der Waals surface area contributed by atoms with Crippen LogP contribution in [-0.2, 0) is 12.8 Å². The highest BCUT2D eigenvalue weighted by atomic mass is 79.9. The van der Waals surface area contributed by atoms with Crippen LogP contribution in [0.15, 0.2) is 59.1 Å². The number of rotatable bonds is 2. The van der Waals surface area contributed by atoms with Crippen LogP contribution in [-0.4, -0.2) is 5.91 Å². The first kappa shape index (κ1) is 13.5. The molecule has 0 saturated heterocycles. The van der Waals surface area contributed by atoms with Gasteiger partial charge in [0.05, 0.1) is 0 Å². The Bertz CT molecular complexity index is 874. The smallest absolute Gasteiger partial charge is 0.256 e. The second-order valence-electron chi connectivity index (χ2n) is 5.57. The Labute approximate surface area is 137 Å². The molecule has 1 aliphatic rings. The third-order valence-electron chi connectivity index (χ3n) is 4.22. The summed E-state index contributed by atoms with van der Waals surface area (Å²) in [6.07, 6.45) is 2.15. The summed E-state index contributed by atoms with van der Waals surface area (Å²) in [6.45, 7) is 0. The van der Waals surface area contributed by atoms with E-state index in [0.717, 1.165) is 34.0 Å². The van der Waals surface area contributed by atoms with E-state index in [1.807, 2.05) is 42.5 Å². The molecule has 0 bridgehead atoms. The summed E-state index contributed by atoms with van der Waals surface area (Å²) in [7, 11) is 0. The number of halogens is 1. The zero-order valence-corrected chi connectivity index (χ0v) is 13.5. The molecule has 0 fully saturated rings. The van der Waals surface area contributed by atoms with E-state index >= 15 is 0 Å². The van der Waals surface area contributed by atoms with Gasteiger partial charge in [0, 0.05) is 15.7 Å². The largest absolute Gasteiger partial charge is 0.322 e. The van der Waals surface area contributed by atoms with Gasteiger partial charge in [-0.25, -0.2) is 0 Å². The fourth-order valence-corrected chi connectivity index (χ4v) is 3.44. The lowest BCUT2D eigenvalue weighted by Gasteiger charge is -2.10. The van der Waals surface area contributed by atoms with Gasteiger partial charge in [-0.1, -0.05) is 40.2 Å². The number of carbonyl (C=O) groups excluding carboxylic acids is 1. The molecule has 1 N–H and O–H groups in total. The standard InChI is InChI=1S/C19H14BrNO/c20-14-7-9-15(10-8-14)21-19(22)17-11-6-13-5-4-12-2-1-3-16(17)18(12)13/h1-3,6-11H,4-5H2,(H,21,22). The van der Waals surface area contributed by atoms with Gasteiger partial charge in [-0.2, -0.15) is 0 Å². The Morgan fingerprint density at radius 2 is 1.64 bits per heavy atom. The Hall–Kier alpha value is -2.13. The van der Waals surface area contributed by atoms with Crippen molar-refractivity contribution < 1.29 is 4.79 Å². The average molecular weight is 352 g/mol. The quantitative estimate of drug-likeness (QED) is 0.694. The third-order valence-corrected chi connectivity index (χ3v) is 4.75. The van der Waals surface area contributed by atoms with Crippen LogP contribution in [0.2, 0.25) is 0 Å². The molecule has 3 aromatic rings. The molecule has 2 nitrogen and oxygen atoms in total. The molecule has 1 aliphatic carbocycles. The minimum absolute atomic E-state index is 0.0575. The highest BCUT2D eigenvalue weighted by Crippen LogP contribution is 2.33. The summed E-state index contributed by atoms with van der Waals surface area (Å²) in [5, 5.41) is 5.30. The Balaban J connectivity index is 1.75. The lowest BCUT2D eigenvalue weighted by molar-refractivity contribution is 0.102. The predicted octanol–water partition coefficient (Wildman–Crippen LogP) is 4.95. The van der Waals surface area contributed by atoms with Gasteiger partial charge < -0.3 is 5.32 Å². The van der Waals surface area contributed by atoms with Crippen LogP contribution >= 0.6 is 15.9 Å². The summed E-state index contributed by atoms with van der Waals surface area (Å²) in [4.78, 5) is 12.6. The number of nitrogens with one attached hydrogen (secondary N) is 1. The van der Waals surface area contributed by atoms with Crippen molar-refractivity contribution in [2.75, 3.05) is 5.32 Å². The molecule has 0 aliphatic heterocycles. The molecule has 4 rings (SSSR count). The molecule has 0 aromatic heterocycles. The maximum Gasteiger partial charge on any atom is 0.256 e. The van der Waals surface area contributed by atoms with E-state index in [9.17, 15) is 4.79 Å². The Morgan fingerprint density at radius 3 is 2.41 bits per heavy atom. The van der Waals surface area contributed by atoms with E-state index in [-0.39, 0.29) is 5.91 Å². The molecule has 0 spiro atoms. The highest BCUT2D eigenvalue weighted by molar-refractivity contribution is 9.10. The van der Waals surface area contributed by atoms with Gasteiger partial charge in [0.1, 0.15) is 0 Å². The number of hydrogen-bond acceptors (Lipinski definition) is 1. The molecule has 0 radical (unpaired) electrons. The fraction of sp³-hybridized carbons (Fsp3) is 0.105. The molecule has 0 heterocycles. The van der Waals surface area contributed by atoms with Crippen LogP contribution in [0.3, 0.4) is 0 Å². The van der Waals surface area contributed by atoms with E-state index in [0.29, 0.717) is 0 Å². The SMILES string of the molecule is O=C(Nc1ccc(Br)cc1)c1ccc2c3c(cccc13)CC2. The number of amides is 1. The first-order valence-electron chi connectivity index (χ1n) is 7.33. The molecule has 108 valence electrons. The van der Waals surface area contributed by atoms with Crippen molar-refractivity contribution in [1.82, 2.24) is 0 Å². The maximum absolute atomic E-state index is 12.6. The van der Waals surface area contributed by atoms with Crippen LogP contribution < -0.4 is 5.32 Å². The van der Waals surface area contributed by atoms with Crippen molar-refractivity contribution in [3.8, 4) is 0 Å². The van der Waals surface area contributed by atoms with Crippen molar-refractivity contribution >= 4 is 38.3 Å². The molecule has 0 saturated carbocycles. The van der Waals surface area contributed by atoms with Gasteiger partial charge in [-0.05, 0) is 65.1 Å². The van der Waals surface area contributed by atoms with Crippen LogP contribution in [0.5, 0.6) is 0 Å². The molecule has 3 heteroatoms. The van der Waals surface area contributed by atoms with E-state index in [4.69, 9.17) is 0 Å². The van der Waals surface area contributed by atoms with Gasteiger partial charge in [0.25, 0.3) is 5.91 Å². The van der Waals surface area contributed by atoms with Crippen molar-refractivity contribution in [1.29, 1.82) is 0 Å². The third kappa shape index (κ3) is 2.22. The lowest BCUT2D eigenvalue weighted by atomic mass is 9.99. The molecule has 3 aromatic carbocycles. The summed E-state index contributed by atoms with van der Waals surface area (Å²) in [5.41, 5.74) is 4.25. The van der Waals surface area contributed by atoms with Crippen LogP contribution in [0.1, 0.15) is 21.5 Å². The second-order valence-corrected chi connectivity index (χ2v) is 6.49. The molecule has 0 atom stereocenters. The minimum Gasteiger partial charge on any atom is -0.322 e. The monoisotopic (exact) mass is 351 g/mol. The Kier molecular flexibility index (Phi) is 3.23. The molecular weight excluding hydrogens is 338 g/mol. The highest BCUT2D eigenvalue weighted by Gasteiger charge is 2.18. The normalized spacial score (nSPS) is 12.6. The van der Waals surface area contributed by atoms with Gasteiger partial charge in [-0.3, -0.25) is 4.79 Å². The number of benzene rings is 3. The maximum atomic E-state index is 12.6. The number of anilines is 1. The lowest BCUT2D eigenvalue weighted by Crippen LogP contribution is -2.12. The summed E-state index contributed by atoms with van der Waals surface area (Å²) in [6, 6.07) is 17.9. The predicted molar refractivity (Wildman–Crippen MR) is 93.5 cm³/mol. The van der Waals surface area contributed by atoms with E-state index in [1.165, 1.54) is 16.5 Å². The van der Waals surface area contributed by atoms with Crippen LogP contribution in [0.25, 0.3) is 10.8 Å². The second kappa shape index (κ2) is 5.25. The Morgan fingerprint density at radius 1 is 0.909 bits per heavy atom. The molecule has 1 amide bonds. The average Bonchev–Trinajstić information content (AvgIpc) is 2.95. The van der Waals surface area contributed by atoms with Gasteiger partial charge in [0.2, 0.25) is 0 Å². The first-order valence-corrected chi connectivity index (χ1v) is 8.12. The van der Waals surface area contributed by atoms with E-state index < -0.39 is 0 Å². The number of hydrogen-bond donors (Lipinski definition) is 1. The number of aryl methyl sites for hydroxylation is 2. The van der Waals surface area contributed by atoms with Crippen LogP contribution in [0.4, 0.5) is 5.69 Å². The summed E-state index contributed by atoms with van der Waals surface area (Å²) >= 11 is 3.40. The zero-order valence-electron chi connectivity index (χ0n) is 11.9. The van der Waals surface area contributed by atoms with Crippen LogP contribution in [0, 0.1) is 0 Å². The summed E-state index contributed by atoms with van der Waals surface area (Å²) in [5.74, 6) is -0.0575. The number of carbonyl (C=O) groups is 1. The molecule has 0 unspecified atom stereocenters. The van der Waals surface area contributed by atoms with Crippen molar-refractivity contribution in [3.63, 3.8) is 0 Å². The topological polar surface area (TPSA) is 29.1 Å². The van der Waals surface area contributed by atoms with Gasteiger partial charge >= 0.3 is 0 Å². The van der Waals surface area contributed by atoms with Gasteiger partial charge in [-0.15, -0.1) is 0 Å². The molecular formula is C19H14BrNO. The summed E-state index contributed by atoms with van der Waals surface area (Å²) < 4.78 is 0.996. The van der Waals surface area contributed by atoms with E-state index in [1.54, 1.807) is 0 Å². The van der Waals surface area contributed by atoms with E-state index in [2.05, 4.69) is 33.4 Å². The fourth-order valence-electron chi connectivity index (χ4n) is 3.18. The zero-order chi connectivity index (χ0) is 15.1. The van der Waals surface area contributed by atoms with Crippen molar-refractivity contribution in [3.05, 3.63) is 75.8 Å². The minimum atomic E-state index is -0.0575. The molecule has 22 heavy (non-hydrogen) atoms. The first-order chi connectivity index (χ1) is 10.7.